The predicted octanol–water partition coefficient (Wildman–Crippen LogP) is 0.690. The number of hydrogen-bond donors (Lipinski definition) is 0. The van der Waals surface area contributed by atoms with Crippen LogP contribution in [0.5, 0.6) is 0 Å². The van der Waals surface area contributed by atoms with Crippen molar-refractivity contribution >= 4 is 9.84 Å². The molecule has 0 aromatic rings. The van der Waals surface area contributed by atoms with Gasteiger partial charge >= 0.3 is 0 Å². The molecular formula is C7H12O2S. The van der Waals surface area contributed by atoms with Crippen LogP contribution in [0.2, 0.25) is 0 Å². The van der Waals surface area contributed by atoms with Crippen LogP contribution >= 0.6 is 0 Å². The van der Waals surface area contributed by atoms with E-state index in [2.05, 4.69) is 5.92 Å². The van der Waals surface area contributed by atoms with Crippen LogP contribution in [0, 0.1) is 18.3 Å². The van der Waals surface area contributed by atoms with Crippen molar-refractivity contribution < 1.29 is 8.42 Å². The fourth-order valence-corrected chi connectivity index (χ4v) is 1.26. The van der Waals surface area contributed by atoms with Crippen molar-refractivity contribution in [2.24, 2.45) is 5.92 Å². The summed E-state index contributed by atoms with van der Waals surface area (Å²) in [5.74, 6) is 2.73. The lowest BCUT2D eigenvalue weighted by Crippen LogP contribution is -2.06. The molecule has 0 aliphatic heterocycles. The molecule has 3 heteroatoms. The van der Waals surface area contributed by atoms with E-state index >= 15 is 0 Å². The molecule has 0 aromatic heterocycles. The normalized spacial score (nSPS) is 14.1. The number of hydrogen-bond acceptors (Lipinski definition) is 2. The van der Waals surface area contributed by atoms with Crippen molar-refractivity contribution in [2.75, 3.05) is 12.0 Å². The summed E-state index contributed by atoms with van der Waals surface area (Å²) in [4.78, 5) is 0. The lowest BCUT2D eigenvalue weighted by molar-refractivity contribution is 0.593. The summed E-state index contributed by atoms with van der Waals surface area (Å²) in [7, 11) is -2.82. The lowest BCUT2D eigenvalue weighted by atomic mass is 10.1. The second kappa shape index (κ2) is 3.62. The van der Waals surface area contributed by atoms with E-state index in [4.69, 9.17) is 6.42 Å². The van der Waals surface area contributed by atoms with Crippen LogP contribution in [0.4, 0.5) is 0 Å². The Hall–Kier alpha value is -0.490. The predicted molar refractivity (Wildman–Crippen MR) is 42.3 cm³/mol. The Morgan fingerprint density at radius 2 is 2.10 bits per heavy atom. The first-order chi connectivity index (χ1) is 4.45. The van der Waals surface area contributed by atoms with Crippen LogP contribution in [-0.4, -0.2) is 20.4 Å². The van der Waals surface area contributed by atoms with Crippen LogP contribution in [-0.2, 0) is 9.84 Å². The molecule has 0 aliphatic carbocycles. The molecule has 0 N–H and O–H groups in total. The van der Waals surface area contributed by atoms with E-state index in [1.54, 1.807) is 0 Å². The van der Waals surface area contributed by atoms with Crippen LogP contribution in [0.1, 0.15) is 13.3 Å². The molecule has 0 heterocycles. The van der Waals surface area contributed by atoms with E-state index in [0.717, 1.165) is 0 Å². The van der Waals surface area contributed by atoms with Gasteiger partial charge in [0.1, 0.15) is 9.84 Å². The molecule has 1 unspecified atom stereocenters. The number of terminal acetylenes is 1. The van der Waals surface area contributed by atoms with Gasteiger partial charge < -0.3 is 0 Å². The van der Waals surface area contributed by atoms with Gasteiger partial charge in [-0.1, -0.05) is 6.92 Å². The Bertz CT molecular complexity index is 220. The molecule has 0 amide bonds. The van der Waals surface area contributed by atoms with E-state index in [9.17, 15) is 8.42 Å². The summed E-state index contributed by atoms with van der Waals surface area (Å²) < 4.78 is 21.2. The van der Waals surface area contributed by atoms with Gasteiger partial charge in [-0.3, -0.25) is 0 Å². The molecule has 0 saturated heterocycles. The summed E-state index contributed by atoms with van der Waals surface area (Å²) in [6, 6.07) is 0. The molecule has 0 fully saturated rings. The van der Waals surface area contributed by atoms with Gasteiger partial charge in [-0.25, -0.2) is 8.42 Å². The van der Waals surface area contributed by atoms with Gasteiger partial charge in [-0.2, -0.15) is 0 Å². The second-order valence-corrected chi connectivity index (χ2v) is 4.75. The molecule has 2 nitrogen and oxygen atoms in total. The standard InChI is InChI=1S/C7H12O2S/c1-4-7(2)5-6-10(3,8)9/h1,7H,5-6H2,2-3H3. The molecule has 58 valence electrons. The highest BCUT2D eigenvalue weighted by molar-refractivity contribution is 7.90. The van der Waals surface area contributed by atoms with Crippen LogP contribution in [0.25, 0.3) is 0 Å². The SMILES string of the molecule is C#CC(C)CCS(C)(=O)=O. The van der Waals surface area contributed by atoms with Gasteiger partial charge in [0.2, 0.25) is 0 Å². The first-order valence-electron chi connectivity index (χ1n) is 3.09. The van der Waals surface area contributed by atoms with Crippen LogP contribution in [0.3, 0.4) is 0 Å². The molecule has 0 bridgehead atoms. The zero-order valence-corrected chi connectivity index (χ0v) is 7.11. The zero-order chi connectivity index (χ0) is 8.20. The van der Waals surface area contributed by atoms with Gasteiger partial charge in [-0.05, 0) is 6.42 Å². The van der Waals surface area contributed by atoms with E-state index in [-0.39, 0.29) is 11.7 Å². The summed E-state index contributed by atoms with van der Waals surface area (Å²) in [6.45, 7) is 1.84. The lowest BCUT2D eigenvalue weighted by Gasteiger charge is -2.00. The maximum atomic E-state index is 10.6. The van der Waals surface area contributed by atoms with Gasteiger partial charge in [0.05, 0.1) is 5.75 Å². The van der Waals surface area contributed by atoms with Gasteiger partial charge in [0, 0.05) is 12.2 Å². The summed E-state index contributed by atoms with van der Waals surface area (Å²) >= 11 is 0. The molecule has 0 spiro atoms. The Kier molecular flexibility index (Phi) is 3.45. The highest BCUT2D eigenvalue weighted by Gasteiger charge is 2.04. The Labute approximate surface area is 62.6 Å². The maximum Gasteiger partial charge on any atom is 0.147 e. The average molecular weight is 160 g/mol. The quantitative estimate of drug-likeness (QED) is 0.569. The third-order valence-electron chi connectivity index (χ3n) is 1.21. The van der Waals surface area contributed by atoms with Crippen molar-refractivity contribution in [3.63, 3.8) is 0 Å². The van der Waals surface area contributed by atoms with Crippen molar-refractivity contribution in [1.29, 1.82) is 0 Å². The van der Waals surface area contributed by atoms with Crippen molar-refractivity contribution in [3.8, 4) is 12.3 Å². The van der Waals surface area contributed by atoms with Gasteiger partial charge in [0.25, 0.3) is 0 Å². The molecule has 0 rings (SSSR count). The molecule has 0 radical (unpaired) electrons. The molecular weight excluding hydrogens is 148 g/mol. The van der Waals surface area contributed by atoms with Crippen molar-refractivity contribution in [3.05, 3.63) is 0 Å². The first-order valence-corrected chi connectivity index (χ1v) is 5.15. The van der Waals surface area contributed by atoms with Crippen LogP contribution < -0.4 is 0 Å². The fraction of sp³-hybridized carbons (Fsp3) is 0.714. The largest absolute Gasteiger partial charge is 0.229 e. The highest BCUT2D eigenvalue weighted by atomic mass is 32.2. The Balaban J connectivity index is 3.70. The average Bonchev–Trinajstić information content (AvgIpc) is 1.81. The molecule has 0 aliphatic rings. The van der Waals surface area contributed by atoms with E-state index in [0.29, 0.717) is 6.42 Å². The Morgan fingerprint density at radius 3 is 2.40 bits per heavy atom. The Morgan fingerprint density at radius 1 is 1.60 bits per heavy atom. The maximum absolute atomic E-state index is 10.6. The second-order valence-electron chi connectivity index (χ2n) is 2.49. The third kappa shape index (κ3) is 5.64. The summed E-state index contributed by atoms with van der Waals surface area (Å²) in [5, 5.41) is 0. The smallest absolute Gasteiger partial charge is 0.147 e. The molecule has 0 aromatic carbocycles. The van der Waals surface area contributed by atoms with Gasteiger partial charge in [-0.15, -0.1) is 12.3 Å². The first kappa shape index (κ1) is 9.51. The zero-order valence-electron chi connectivity index (χ0n) is 6.29. The van der Waals surface area contributed by atoms with Crippen molar-refractivity contribution in [2.45, 2.75) is 13.3 Å². The van der Waals surface area contributed by atoms with Gasteiger partial charge in [0.15, 0.2) is 0 Å². The minimum Gasteiger partial charge on any atom is -0.229 e. The summed E-state index contributed by atoms with van der Waals surface area (Å²) in [6.07, 6.45) is 6.84. The van der Waals surface area contributed by atoms with E-state index in [1.165, 1.54) is 6.26 Å². The minimum absolute atomic E-state index is 0.0646. The molecule has 10 heavy (non-hydrogen) atoms. The van der Waals surface area contributed by atoms with E-state index < -0.39 is 9.84 Å². The third-order valence-corrected chi connectivity index (χ3v) is 2.18. The summed E-state index contributed by atoms with van der Waals surface area (Å²) in [5.41, 5.74) is 0. The van der Waals surface area contributed by atoms with Crippen LogP contribution in [0.15, 0.2) is 0 Å². The highest BCUT2D eigenvalue weighted by Crippen LogP contribution is 2.00. The number of sulfone groups is 1. The van der Waals surface area contributed by atoms with Crippen molar-refractivity contribution in [1.82, 2.24) is 0 Å². The fourth-order valence-electron chi connectivity index (χ4n) is 0.474. The monoisotopic (exact) mass is 160 g/mol. The number of rotatable bonds is 3. The molecule has 1 atom stereocenters. The molecule has 0 saturated carbocycles. The van der Waals surface area contributed by atoms with E-state index in [1.807, 2.05) is 6.92 Å². The topological polar surface area (TPSA) is 34.1 Å². The minimum atomic E-state index is -2.82.